The molecule has 1 amide bonds. The molecular weight excluding hydrogens is 349 g/mol. The molecule has 3 N–H and O–H groups in total. The number of carbonyl (C=O) groups excluding carboxylic acids is 1. The number of nitrogens with zero attached hydrogens (tertiary/aromatic N) is 3. The lowest BCUT2D eigenvalue weighted by molar-refractivity contribution is 0.0954. The lowest BCUT2D eigenvalue weighted by Gasteiger charge is -2.08. The van der Waals surface area contributed by atoms with Gasteiger partial charge in [0, 0.05) is 37.2 Å². The van der Waals surface area contributed by atoms with Gasteiger partial charge < -0.3 is 15.6 Å². The van der Waals surface area contributed by atoms with Crippen LogP contribution < -0.4 is 11.1 Å². The van der Waals surface area contributed by atoms with Crippen molar-refractivity contribution in [1.82, 2.24) is 20.1 Å². The number of halogens is 2. The Morgan fingerprint density at radius 2 is 2.04 bits per heavy atom. The van der Waals surface area contributed by atoms with E-state index in [0.717, 1.165) is 24.6 Å². The second-order valence-corrected chi connectivity index (χ2v) is 5.63. The van der Waals surface area contributed by atoms with E-state index in [1.165, 1.54) is 19.3 Å². The fourth-order valence-electron chi connectivity index (χ4n) is 2.80. The van der Waals surface area contributed by atoms with Gasteiger partial charge in [-0.1, -0.05) is 12.5 Å². The molecule has 132 valence electrons. The van der Waals surface area contributed by atoms with Gasteiger partial charge in [-0.25, -0.2) is 0 Å². The Morgan fingerprint density at radius 1 is 1.21 bits per heavy atom. The average Bonchev–Trinajstić information content (AvgIpc) is 2.75. The molecule has 0 atom stereocenters. The van der Waals surface area contributed by atoms with Crippen molar-refractivity contribution in [2.24, 2.45) is 0 Å². The van der Waals surface area contributed by atoms with Crippen LogP contribution >= 0.6 is 24.8 Å². The van der Waals surface area contributed by atoms with Crippen LogP contribution in [0.15, 0.2) is 24.3 Å². The predicted octanol–water partition coefficient (Wildman–Crippen LogP) is 2.40. The Kier molecular flexibility index (Phi) is 8.01. The Labute approximate surface area is 154 Å². The average molecular weight is 372 g/mol. The number of nitrogens with one attached hydrogen (secondary N) is 1. The molecule has 6 nitrogen and oxygen atoms in total. The van der Waals surface area contributed by atoms with E-state index < -0.39 is 0 Å². The van der Waals surface area contributed by atoms with E-state index in [0.29, 0.717) is 24.2 Å². The summed E-state index contributed by atoms with van der Waals surface area (Å²) in [5.41, 5.74) is 6.87. The second kappa shape index (κ2) is 9.49. The number of carbonyl (C=O) groups is 1. The van der Waals surface area contributed by atoms with Crippen molar-refractivity contribution in [3.8, 4) is 0 Å². The van der Waals surface area contributed by atoms with E-state index in [9.17, 15) is 4.79 Å². The normalized spacial score (nSPS) is 13.0. The van der Waals surface area contributed by atoms with Gasteiger partial charge in [0.15, 0.2) is 0 Å². The Bertz CT molecular complexity index is 674. The summed E-state index contributed by atoms with van der Waals surface area (Å²) in [6.07, 6.45) is 5.30. The molecule has 1 aliphatic heterocycles. The van der Waals surface area contributed by atoms with Gasteiger partial charge in [0.25, 0.3) is 5.91 Å². The number of anilines is 1. The number of amides is 1. The third-order valence-electron chi connectivity index (χ3n) is 3.97. The van der Waals surface area contributed by atoms with Gasteiger partial charge in [0.1, 0.15) is 11.6 Å². The number of nitrogen functional groups attached to an aromatic ring is 1. The summed E-state index contributed by atoms with van der Waals surface area (Å²) in [5, 5.41) is 11.4. The van der Waals surface area contributed by atoms with Crippen molar-refractivity contribution in [2.75, 3.05) is 12.3 Å². The van der Waals surface area contributed by atoms with Crippen molar-refractivity contribution < 1.29 is 4.79 Å². The zero-order chi connectivity index (χ0) is 15.4. The van der Waals surface area contributed by atoms with Crippen LogP contribution in [-0.2, 0) is 19.4 Å². The van der Waals surface area contributed by atoms with Crippen LogP contribution in [0, 0.1) is 0 Å². The van der Waals surface area contributed by atoms with E-state index in [4.69, 9.17) is 5.73 Å². The summed E-state index contributed by atoms with van der Waals surface area (Å²) in [4.78, 5) is 12.1. The SMILES string of the molecule is Cl.Cl.Nc1cccc(C(=O)NCCc2nnc3n2CCCCC3)c1. The second-order valence-electron chi connectivity index (χ2n) is 5.63. The van der Waals surface area contributed by atoms with Crippen molar-refractivity contribution >= 4 is 36.4 Å². The van der Waals surface area contributed by atoms with Gasteiger partial charge in [-0.3, -0.25) is 4.79 Å². The minimum Gasteiger partial charge on any atom is -0.399 e. The number of rotatable bonds is 4. The summed E-state index contributed by atoms with van der Waals surface area (Å²) in [7, 11) is 0. The van der Waals surface area contributed by atoms with Crippen LogP contribution in [0.5, 0.6) is 0 Å². The molecule has 1 aliphatic rings. The molecule has 0 aliphatic carbocycles. The highest BCUT2D eigenvalue weighted by atomic mass is 35.5. The molecule has 0 unspecified atom stereocenters. The highest BCUT2D eigenvalue weighted by molar-refractivity contribution is 5.94. The van der Waals surface area contributed by atoms with Crippen LogP contribution in [0.2, 0.25) is 0 Å². The zero-order valence-electron chi connectivity index (χ0n) is 13.4. The minimum atomic E-state index is -0.108. The van der Waals surface area contributed by atoms with Crippen molar-refractivity contribution in [1.29, 1.82) is 0 Å². The van der Waals surface area contributed by atoms with Gasteiger partial charge in [0.2, 0.25) is 0 Å². The van der Waals surface area contributed by atoms with Gasteiger partial charge >= 0.3 is 0 Å². The van der Waals surface area contributed by atoms with Crippen LogP contribution in [0.1, 0.15) is 41.3 Å². The maximum absolute atomic E-state index is 12.1. The first-order valence-electron chi connectivity index (χ1n) is 7.79. The summed E-state index contributed by atoms with van der Waals surface area (Å²) in [5.74, 6) is 1.93. The predicted molar refractivity (Wildman–Crippen MR) is 99.0 cm³/mol. The summed E-state index contributed by atoms with van der Waals surface area (Å²) < 4.78 is 2.21. The number of fused-ring (bicyclic) bond motifs is 1. The summed E-state index contributed by atoms with van der Waals surface area (Å²) >= 11 is 0. The molecule has 0 saturated heterocycles. The number of aryl methyl sites for hydroxylation is 1. The molecule has 0 spiro atoms. The molecule has 0 radical (unpaired) electrons. The quantitative estimate of drug-likeness (QED) is 0.807. The van der Waals surface area contributed by atoms with E-state index >= 15 is 0 Å². The van der Waals surface area contributed by atoms with E-state index in [1.54, 1.807) is 24.3 Å². The fourth-order valence-corrected chi connectivity index (χ4v) is 2.80. The Hall–Kier alpha value is -1.79. The van der Waals surface area contributed by atoms with Gasteiger partial charge in [-0.2, -0.15) is 0 Å². The number of hydrogen-bond acceptors (Lipinski definition) is 4. The minimum absolute atomic E-state index is 0. The number of hydrogen-bond donors (Lipinski definition) is 2. The smallest absolute Gasteiger partial charge is 0.251 e. The first kappa shape index (κ1) is 20.3. The Balaban J connectivity index is 0.00000144. The molecule has 0 saturated carbocycles. The molecular formula is C16H23Cl2N5O. The van der Waals surface area contributed by atoms with Crippen molar-refractivity contribution in [3.63, 3.8) is 0 Å². The molecule has 1 aromatic carbocycles. The van der Waals surface area contributed by atoms with Crippen LogP contribution in [-0.4, -0.2) is 27.2 Å². The number of nitrogens with two attached hydrogens (primary N) is 1. The summed E-state index contributed by atoms with van der Waals surface area (Å²) in [6.45, 7) is 1.53. The molecule has 24 heavy (non-hydrogen) atoms. The van der Waals surface area contributed by atoms with Crippen LogP contribution in [0.4, 0.5) is 5.69 Å². The first-order valence-corrected chi connectivity index (χ1v) is 7.79. The van der Waals surface area contributed by atoms with Crippen LogP contribution in [0.3, 0.4) is 0 Å². The standard InChI is InChI=1S/C16H21N5O.2ClH/c17-13-6-4-5-12(11-13)16(22)18-9-8-15-20-19-14-7-2-1-3-10-21(14)15;;/h4-6,11H,1-3,7-10,17H2,(H,18,22);2*1H. The lowest BCUT2D eigenvalue weighted by Crippen LogP contribution is -2.26. The topological polar surface area (TPSA) is 85.8 Å². The lowest BCUT2D eigenvalue weighted by atomic mass is 10.2. The third kappa shape index (κ3) is 4.85. The third-order valence-corrected chi connectivity index (χ3v) is 3.97. The van der Waals surface area contributed by atoms with Gasteiger partial charge in [0.05, 0.1) is 0 Å². The van der Waals surface area contributed by atoms with Crippen molar-refractivity contribution in [3.05, 3.63) is 41.5 Å². The highest BCUT2D eigenvalue weighted by Crippen LogP contribution is 2.14. The maximum atomic E-state index is 12.1. The van der Waals surface area contributed by atoms with Gasteiger partial charge in [-0.15, -0.1) is 35.0 Å². The zero-order valence-corrected chi connectivity index (χ0v) is 15.0. The molecule has 8 heteroatoms. The largest absolute Gasteiger partial charge is 0.399 e. The van der Waals surface area contributed by atoms with Crippen LogP contribution in [0.25, 0.3) is 0 Å². The van der Waals surface area contributed by atoms with Gasteiger partial charge in [-0.05, 0) is 31.0 Å². The maximum Gasteiger partial charge on any atom is 0.251 e. The fraction of sp³-hybridized carbons (Fsp3) is 0.438. The molecule has 0 fully saturated rings. The molecule has 0 bridgehead atoms. The van der Waals surface area contributed by atoms with E-state index in [1.807, 2.05) is 0 Å². The highest BCUT2D eigenvalue weighted by Gasteiger charge is 2.14. The number of aromatic nitrogens is 3. The van der Waals surface area contributed by atoms with E-state index in [-0.39, 0.29) is 30.7 Å². The Morgan fingerprint density at radius 3 is 2.83 bits per heavy atom. The molecule has 3 rings (SSSR count). The van der Waals surface area contributed by atoms with E-state index in [2.05, 4.69) is 20.1 Å². The molecule has 2 heterocycles. The molecule has 2 aromatic rings. The first-order chi connectivity index (χ1) is 10.7. The number of benzene rings is 1. The molecule has 1 aromatic heterocycles. The summed E-state index contributed by atoms with van der Waals surface area (Å²) in [6, 6.07) is 6.98. The van der Waals surface area contributed by atoms with Crippen molar-refractivity contribution in [2.45, 2.75) is 38.6 Å². The monoisotopic (exact) mass is 371 g/mol.